The van der Waals surface area contributed by atoms with Crippen molar-refractivity contribution in [2.75, 3.05) is 22.7 Å². The second-order valence-corrected chi connectivity index (χ2v) is 8.82. The van der Waals surface area contributed by atoms with Gasteiger partial charge in [-0.25, -0.2) is 8.42 Å². The Morgan fingerprint density at radius 1 is 1.03 bits per heavy atom. The average Bonchev–Trinajstić information content (AvgIpc) is 3.23. The van der Waals surface area contributed by atoms with Crippen molar-refractivity contribution in [3.8, 4) is 0 Å². The summed E-state index contributed by atoms with van der Waals surface area (Å²) in [6, 6.07) is 16.5. The summed E-state index contributed by atoms with van der Waals surface area (Å²) in [4.78, 5) is 28.4. The second-order valence-electron chi connectivity index (χ2n) is 6.96. The first-order valence-corrected chi connectivity index (χ1v) is 11.1. The fraction of sp³-hybridized carbons (Fsp3) is 0.136. The van der Waals surface area contributed by atoms with E-state index in [-0.39, 0.29) is 17.0 Å². The van der Waals surface area contributed by atoms with Gasteiger partial charge in [0.1, 0.15) is 0 Å². The van der Waals surface area contributed by atoms with Crippen molar-refractivity contribution in [2.45, 2.75) is 11.3 Å². The molecule has 0 bridgehead atoms. The molecule has 0 spiro atoms. The molecule has 2 N–H and O–H groups in total. The largest absolute Gasteiger partial charge is 0.343 e. The fourth-order valence-electron chi connectivity index (χ4n) is 3.39. The number of carbonyl (C=O) groups is 2. The number of para-hydroxylation sites is 1. The van der Waals surface area contributed by atoms with E-state index in [1.807, 2.05) is 12.1 Å². The smallest absolute Gasteiger partial charge is 0.264 e. The Morgan fingerprint density at radius 3 is 2.68 bits per heavy atom. The van der Waals surface area contributed by atoms with Gasteiger partial charge in [0, 0.05) is 18.3 Å². The first kappa shape index (κ1) is 20.5. The average molecular weight is 436 g/mol. The van der Waals surface area contributed by atoms with Gasteiger partial charge >= 0.3 is 0 Å². The van der Waals surface area contributed by atoms with Gasteiger partial charge in [-0.05, 0) is 48.4 Å². The molecule has 1 aliphatic rings. The van der Waals surface area contributed by atoms with Crippen molar-refractivity contribution in [1.82, 2.24) is 10.3 Å². The van der Waals surface area contributed by atoms with Crippen LogP contribution < -0.4 is 14.9 Å². The standard InChI is InChI=1S/C22H20N4O4S/c27-21(25-18-7-4-11-23-14-18)15-24-22(28)17-6-3-8-19(13-17)31(29,30)26-12-10-16-5-1-2-9-20(16)26/h1-9,11,13-14H,10,12,15H2,(H,24,28)(H,25,27). The number of nitrogens with zero attached hydrogens (tertiary/aromatic N) is 2. The minimum absolute atomic E-state index is 0.0247. The molecule has 8 nitrogen and oxygen atoms in total. The van der Waals surface area contributed by atoms with Crippen LogP contribution in [0, 0.1) is 0 Å². The van der Waals surface area contributed by atoms with E-state index in [0.717, 1.165) is 5.56 Å². The second kappa shape index (κ2) is 8.57. The lowest BCUT2D eigenvalue weighted by Gasteiger charge is -2.20. The SMILES string of the molecule is O=C(CNC(=O)c1cccc(S(=O)(=O)N2CCc3ccccc32)c1)Nc1cccnc1. The number of fused-ring (bicyclic) bond motifs is 1. The van der Waals surface area contributed by atoms with Crippen LogP contribution in [-0.2, 0) is 21.2 Å². The maximum Gasteiger partial charge on any atom is 0.264 e. The van der Waals surface area contributed by atoms with Crippen molar-refractivity contribution < 1.29 is 18.0 Å². The Bertz CT molecular complexity index is 1230. The zero-order valence-corrected chi connectivity index (χ0v) is 17.3. The molecule has 0 radical (unpaired) electrons. The highest BCUT2D eigenvalue weighted by Crippen LogP contribution is 2.32. The van der Waals surface area contributed by atoms with Gasteiger partial charge < -0.3 is 10.6 Å². The molecule has 0 atom stereocenters. The van der Waals surface area contributed by atoms with E-state index < -0.39 is 21.8 Å². The van der Waals surface area contributed by atoms with E-state index in [1.165, 1.54) is 34.8 Å². The van der Waals surface area contributed by atoms with Gasteiger partial charge in [-0.3, -0.25) is 18.9 Å². The zero-order chi connectivity index (χ0) is 21.8. The number of nitrogens with one attached hydrogen (secondary N) is 2. The van der Waals surface area contributed by atoms with Gasteiger partial charge in [0.15, 0.2) is 0 Å². The lowest BCUT2D eigenvalue weighted by Crippen LogP contribution is -2.33. The number of aromatic nitrogens is 1. The van der Waals surface area contributed by atoms with Gasteiger partial charge in [0.05, 0.1) is 29.0 Å². The van der Waals surface area contributed by atoms with Crippen LogP contribution in [0.2, 0.25) is 0 Å². The Balaban J connectivity index is 1.45. The maximum atomic E-state index is 13.2. The summed E-state index contributed by atoms with van der Waals surface area (Å²) in [5.41, 5.74) is 2.30. The quantitative estimate of drug-likeness (QED) is 0.616. The number of amides is 2. The Labute approximate surface area is 180 Å². The highest BCUT2D eigenvalue weighted by molar-refractivity contribution is 7.92. The molecule has 0 fully saturated rings. The van der Waals surface area contributed by atoms with Crippen LogP contribution in [0.1, 0.15) is 15.9 Å². The summed E-state index contributed by atoms with van der Waals surface area (Å²) in [5.74, 6) is -0.959. The van der Waals surface area contributed by atoms with E-state index in [2.05, 4.69) is 15.6 Å². The van der Waals surface area contributed by atoms with Gasteiger partial charge in [-0.15, -0.1) is 0 Å². The van der Waals surface area contributed by atoms with Crippen LogP contribution in [0.25, 0.3) is 0 Å². The highest BCUT2D eigenvalue weighted by Gasteiger charge is 2.30. The minimum Gasteiger partial charge on any atom is -0.343 e. The van der Waals surface area contributed by atoms with E-state index in [0.29, 0.717) is 24.3 Å². The summed E-state index contributed by atoms with van der Waals surface area (Å²) in [7, 11) is -3.81. The molecule has 9 heteroatoms. The summed E-state index contributed by atoms with van der Waals surface area (Å²) in [6.45, 7) is 0.0941. The van der Waals surface area contributed by atoms with Crippen LogP contribution in [0.4, 0.5) is 11.4 Å². The summed E-state index contributed by atoms with van der Waals surface area (Å²) in [5, 5.41) is 5.12. The first-order chi connectivity index (χ1) is 14.9. The van der Waals surface area contributed by atoms with E-state index in [1.54, 1.807) is 30.5 Å². The monoisotopic (exact) mass is 436 g/mol. The first-order valence-electron chi connectivity index (χ1n) is 9.64. The summed E-state index contributed by atoms with van der Waals surface area (Å²) >= 11 is 0. The highest BCUT2D eigenvalue weighted by atomic mass is 32.2. The third-order valence-corrected chi connectivity index (χ3v) is 6.69. The molecular weight excluding hydrogens is 416 g/mol. The van der Waals surface area contributed by atoms with Crippen molar-refractivity contribution in [2.24, 2.45) is 0 Å². The van der Waals surface area contributed by atoms with Crippen LogP contribution in [0.5, 0.6) is 0 Å². The molecule has 2 aromatic carbocycles. The number of benzene rings is 2. The molecule has 31 heavy (non-hydrogen) atoms. The molecule has 158 valence electrons. The predicted molar refractivity (Wildman–Crippen MR) is 116 cm³/mol. The van der Waals surface area contributed by atoms with Gasteiger partial charge in [0.2, 0.25) is 5.91 Å². The number of carbonyl (C=O) groups excluding carboxylic acids is 2. The number of sulfonamides is 1. The fourth-order valence-corrected chi connectivity index (χ4v) is 4.94. The normalized spacial score (nSPS) is 12.8. The van der Waals surface area contributed by atoms with Crippen LogP contribution in [0.3, 0.4) is 0 Å². The molecular formula is C22H20N4O4S. The Morgan fingerprint density at radius 2 is 1.87 bits per heavy atom. The molecule has 0 saturated heterocycles. The molecule has 0 saturated carbocycles. The van der Waals surface area contributed by atoms with Crippen molar-refractivity contribution in [3.63, 3.8) is 0 Å². The summed E-state index contributed by atoms with van der Waals surface area (Å²) in [6.07, 6.45) is 3.71. The molecule has 0 aliphatic carbocycles. The lowest BCUT2D eigenvalue weighted by atomic mass is 10.2. The van der Waals surface area contributed by atoms with E-state index >= 15 is 0 Å². The lowest BCUT2D eigenvalue weighted by molar-refractivity contribution is -0.115. The third kappa shape index (κ3) is 4.41. The van der Waals surface area contributed by atoms with E-state index in [4.69, 9.17) is 0 Å². The molecule has 1 aromatic heterocycles. The topological polar surface area (TPSA) is 108 Å². The van der Waals surface area contributed by atoms with Crippen molar-refractivity contribution >= 4 is 33.2 Å². The zero-order valence-electron chi connectivity index (χ0n) is 16.5. The molecule has 0 unspecified atom stereocenters. The van der Waals surface area contributed by atoms with Gasteiger partial charge in [0.25, 0.3) is 15.9 Å². The van der Waals surface area contributed by atoms with Crippen LogP contribution in [0.15, 0.2) is 78.0 Å². The van der Waals surface area contributed by atoms with Gasteiger partial charge in [-0.1, -0.05) is 24.3 Å². The van der Waals surface area contributed by atoms with E-state index in [9.17, 15) is 18.0 Å². The number of anilines is 2. The number of rotatable bonds is 6. The minimum atomic E-state index is -3.81. The number of hydrogen-bond acceptors (Lipinski definition) is 5. The van der Waals surface area contributed by atoms with Crippen LogP contribution in [-0.4, -0.2) is 38.3 Å². The van der Waals surface area contributed by atoms with Crippen molar-refractivity contribution in [3.05, 3.63) is 84.2 Å². The maximum absolute atomic E-state index is 13.2. The number of pyridine rings is 1. The van der Waals surface area contributed by atoms with Crippen molar-refractivity contribution in [1.29, 1.82) is 0 Å². The molecule has 2 heterocycles. The third-order valence-electron chi connectivity index (χ3n) is 4.88. The van der Waals surface area contributed by atoms with Gasteiger partial charge in [-0.2, -0.15) is 0 Å². The Hall–Kier alpha value is -3.72. The van der Waals surface area contributed by atoms with Crippen LogP contribution >= 0.6 is 0 Å². The predicted octanol–water partition coefficient (Wildman–Crippen LogP) is 2.20. The molecule has 3 aromatic rings. The molecule has 2 amide bonds. The summed E-state index contributed by atoms with van der Waals surface area (Å²) < 4.78 is 27.7. The molecule has 4 rings (SSSR count). The number of hydrogen-bond donors (Lipinski definition) is 2. The molecule has 1 aliphatic heterocycles. The Kier molecular flexibility index (Phi) is 5.68.